The average Bonchev–Trinajstić information content (AvgIpc) is 3.06. The summed E-state index contributed by atoms with van der Waals surface area (Å²) < 4.78 is 49.2. The maximum absolute atomic E-state index is 13.2. The molecule has 2 aromatic carbocycles. The van der Waals surface area contributed by atoms with Gasteiger partial charge in [-0.05, 0) is 36.4 Å². The minimum Gasteiger partial charge on any atom is -0.489 e. The van der Waals surface area contributed by atoms with Crippen LogP contribution in [0.3, 0.4) is 0 Å². The Hall–Kier alpha value is -5.09. The van der Waals surface area contributed by atoms with Crippen LogP contribution in [-0.2, 0) is 9.59 Å². The van der Waals surface area contributed by atoms with Crippen LogP contribution >= 0.6 is 0 Å². The highest BCUT2D eigenvalue weighted by Crippen LogP contribution is 2.32. The molecule has 0 unspecified atom stereocenters. The van der Waals surface area contributed by atoms with Crippen molar-refractivity contribution in [2.24, 2.45) is 0 Å². The van der Waals surface area contributed by atoms with E-state index in [1.807, 2.05) is 18.2 Å². The topological polar surface area (TPSA) is 121 Å². The fraction of sp³-hybridized carbons (Fsp3) is 0.241. The van der Waals surface area contributed by atoms with Crippen molar-refractivity contribution in [1.82, 2.24) is 15.2 Å². The van der Waals surface area contributed by atoms with Gasteiger partial charge in [-0.3, -0.25) is 19.4 Å². The molecule has 13 heteroatoms. The molecule has 1 atom stereocenters. The van der Waals surface area contributed by atoms with Gasteiger partial charge in [-0.1, -0.05) is 30.0 Å². The molecule has 0 saturated carbocycles. The van der Waals surface area contributed by atoms with Gasteiger partial charge < -0.3 is 29.7 Å². The Kier molecular flexibility index (Phi) is 7.49. The molecule has 2 aliphatic rings. The Bertz CT molecular complexity index is 1600. The molecule has 3 amide bonds. The van der Waals surface area contributed by atoms with E-state index in [2.05, 4.69) is 22.1 Å². The van der Waals surface area contributed by atoms with Crippen LogP contribution in [0.2, 0.25) is 0 Å². The lowest BCUT2D eigenvalue weighted by atomic mass is 9.94. The molecule has 10 nitrogen and oxygen atoms in total. The molecule has 42 heavy (non-hydrogen) atoms. The van der Waals surface area contributed by atoms with Crippen LogP contribution in [0.1, 0.15) is 16.1 Å². The molecule has 3 aromatic rings. The normalized spacial score (nSPS) is 17.5. The summed E-state index contributed by atoms with van der Waals surface area (Å²) in [5.74, 6) is 3.32. The molecule has 2 N–H and O–H groups in total. The number of pyridine rings is 1. The maximum atomic E-state index is 13.2. The minimum atomic E-state index is -5.03. The number of hydrogen-bond acceptors (Lipinski definition) is 7. The van der Waals surface area contributed by atoms with Crippen LogP contribution in [0.5, 0.6) is 17.2 Å². The maximum Gasteiger partial charge on any atom is 0.471 e. The molecular formula is C29H23F3N4O6. The van der Waals surface area contributed by atoms with Crippen LogP contribution in [0.4, 0.5) is 18.9 Å². The third kappa shape index (κ3) is 6.13. The number of amides is 3. The second kappa shape index (κ2) is 11.1. The minimum absolute atomic E-state index is 0.0302. The number of carbonyl (C=O) groups is 3. The van der Waals surface area contributed by atoms with Crippen LogP contribution in [-0.4, -0.2) is 77.3 Å². The summed E-state index contributed by atoms with van der Waals surface area (Å²) in [6, 6.07) is 15.6. The van der Waals surface area contributed by atoms with Crippen molar-refractivity contribution >= 4 is 23.4 Å². The van der Waals surface area contributed by atoms with E-state index in [9.17, 15) is 32.7 Å². The summed E-state index contributed by atoms with van der Waals surface area (Å²) in [6.07, 6.45) is -3.62. The third-order valence-electron chi connectivity index (χ3n) is 6.48. The summed E-state index contributed by atoms with van der Waals surface area (Å²) >= 11 is 0. The summed E-state index contributed by atoms with van der Waals surface area (Å²) in [5.41, 5.74) is -1.09. The Labute approximate surface area is 237 Å². The van der Waals surface area contributed by atoms with Gasteiger partial charge in [-0.2, -0.15) is 13.2 Å². The van der Waals surface area contributed by atoms with Crippen molar-refractivity contribution in [3.63, 3.8) is 0 Å². The second-order valence-corrected chi connectivity index (χ2v) is 9.65. The largest absolute Gasteiger partial charge is 0.489 e. The van der Waals surface area contributed by atoms with E-state index >= 15 is 0 Å². The Morgan fingerprint density at radius 1 is 1.12 bits per heavy atom. The molecule has 1 fully saturated rings. The SMILES string of the molecule is CN1C(=O)[C@H](NC(=O)c2cc(Oc3ccccc3)ccn2)COc2ccc(C#CC3(O)CN(C(=O)C(F)(F)F)C3)cc21. The molecule has 5 rings (SSSR count). The monoisotopic (exact) mass is 580 g/mol. The first-order valence-electron chi connectivity index (χ1n) is 12.6. The quantitative estimate of drug-likeness (QED) is 0.455. The summed E-state index contributed by atoms with van der Waals surface area (Å²) in [5, 5.41) is 13.0. The number of hydrogen-bond donors (Lipinski definition) is 2. The first-order valence-corrected chi connectivity index (χ1v) is 12.6. The lowest BCUT2D eigenvalue weighted by molar-refractivity contribution is -0.198. The van der Waals surface area contributed by atoms with Crippen molar-refractivity contribution < 1.29 is 42.1 Å². The standard InChI is InChI=1S/C29H23F3N4O6/c1-35-23-13-18(9-11-28(40)16-36(17-28)27(39)29(30,31)32)7-8-24(23)41-15-22(26(35)38)34-25(37)21-14-20(10-12-33-21)42-19-5-3-2-4-6-19/h2-8,10,12-14,22,40H,15-17H2,1H3,(H,34,37)/t22-/m1/s1. The number of para-hydroxylation sites is 1. The number of β-amino-alcohol motifs (C(OH)–C–C–N with tert-alkyl or cyclic N) is 1. The van der Waals surface area contributed by atoms with Gasteiger partial charge in [0.25, 0.3) is 11.8 Å². The van der Waals surface area contributed by atoms with Gasteiger partial charge in [0.2, 0.25) is 0 Å². The lowest BCUT2D eigenvalue weighted by Crippen LogP contribution is -2.65. The van der Waals surface area contributed by atoms with Gasteiger partial charge in [-0.25, -0.2) is 0 Å². The molecular weight excluding hydrogens is 557 g/mol. The van der Waals surface area contributed by atoms with Crippen molar-refractivity contribution in [1.29, 1.82) is 0 Å². The highest BCUT2D eigenvalue weighted by Gasteiger charge is 2.51. The van der Waals surface area contributed by atoms with Crippen LogP contribution in [0, 0.1) is 11.8 Å². The van der Waals surface area contributed by atoms with E-state index in [1.54, 1.807) is 30.3 Å². The number of rotatable bonds is 4. The first-order chi connectivity index (χ1) is 19.9. The van der Waals surface area contributed by atoms with Gasteiger partial charge in [0.15, 0.2) is 5.60 Å². The van der Waals surface area contributed by atoms with Crippen LogP contribution in [0.25, 0.3) is 0 Å². The summed E-state index contributed by atoms with van der Waals surface area (Å²) in [4.78, 5) is 43.3. The van der Waals surface area contributed by atoms with Gasteiger partial charge in [0.05, 0.1) is 18.8 Å². The highest BCUT2D eigenvalue weighted by molar-refractivity contribution is 6.03. The zero-order valence-electron chi connectivity index (χ0n) is 22.0. The lowest BCUT2D eigenvalue weighted by Gasteiger charge is -2.43. The smallest absolute Gasteiger partial charge is 0.471 e. The van der Waals surface area contributed by atoms with Crippen molar-refractivity contribution in [3.05, 3.63) is 78.1 Å². The molecule has 0 bridgehead atoms. The van der Waals surface area contributed by atoms with Gasteiger partial charge >= 0.3 is 12.1 Å². The third-order valence-corrected chi connectivity index (χ3v) is 6.48. The number of likely N-dealkylation sites (N-methyl/N-ethyl adjacent to an activating group) is 1. The Morgan fingerprint density at radius 3 is 2.57 bits per heavy atom. The molecule has 1 saturated heterocycles. The zero-order chi connectivity index (χ0) is 30.1. The van der Waals surface area contributed by atoms with E-state index in [-0.39, 0.29) is 12.3 Å². The van der Waals surface area contributed by atoms with Gasteiger partial charge in [-0.15, -0.1) is 0 Å². The van der Waals surface area contributed by atoms with E-state index in [0.29, 0.717) is 33.4 Å². The molecule has 2 aliphatic heterocycles. The number of alkyl halides is 3. The number of ether oxygens (including phenoxy) is 2. The number of aromatic nitrogens is 1. The Morgan fingerprint density at radius 2 is 1.86 bits per heavy atom. The van der Waals surface area contributed by atoms with Gasteiger partial charge in [0, 0.05) is 24.9 Å². The average molecular weight is 581 g/mol. The molecule has 3 heterocycles. The predicted octanol–water partition coefficient (Wildman–Crippen LogP) is 2.51. The number of nitrogens with zero attached hydrogens (tertiary/aromatic N) is 3. The number of halogens is 3. The van der Waals surface area contributed by atoms with E-state index in [4.69, 9.17) is 9.47 Å². The molecule has 0 radical (unpaired) electrons. The van der Waals surface area contributed by atoms with Gasteiger partial charge in [0.1, 0.15) is 35.6 Å². The molecule has 0 spiro atoms. The number of carbonyl (C=O) groups excluding carboxylic acids is 3. The predicted molar refractivity (Wildman–Crippen MR) is 142 cm³/mol. The second-order valence-electron chi connectivity index (χ2n) is 9.65. The number of fused-ring (bicyclic) bond motifs is 1. The number of benzene rings is 2. The molecule has 0 aliphatic carbocycles. The van der Waals surface area contributed by atoms with E-state index in [0.717, 1.165) is 0 Å². The molecule has 1 aromatic heterocycles. The van der Waals surface area contributed by atoms with Crippen LogP contribution < -0.4 is 19.7 Å². The van der Waals surface area contributed by atoms with Crippen molar-refractivity contribution in [2.75, 3.05) is 31.6 Å². The zero-order valence-corrected chi connectivity index (χ0v) is 22.0. The summed E-state index contributed by atoms with van der Waals surface area (Å²) in [6.45, 7) is -1.33. The molecule has 216 valence electrons. The highest BCUT2D eigenvalue weighted by atomic mass is 19.4. The number of nitrogens with one attached hydrogen (secondary N) is 1. The van der Waals surface area contributed by atoms with E-state index < -0.39 is 48.6 Å². The van der Waals surface area contributed by atoms with E-state index in [1.165, 1.54) is 30.3 Å². The number of aliphatic hydroxyl groups is 1. The van der Waals surface area contributed by atoms with Crippen molar-refractivity contribution in [2.45, 2.75) is 17.8 Å². The number of anilines is 1. The Balaban J connectivity index is 1.25. The summed E-state index contributed by atoms with van der Waals surface area (Å²) in [7, 11) is 1.48. The fourth-order valence-corrected chi connectivity index (χ4v) is 4.31. The number of likely N-dealkylation sites (tertiary alicyclic amines) is 1. The van der Waals surface area contributed by atoms with Crippen LogP contribution in [0.15, 0.2) is 66.9 Å². The first kappa shape index (κ1) is 28.4. The fourth-order valence-electron chi connectivity index (χ4n) is 4.31. The van der Waals surface area contributed by atoms with Crippen molar-refractivity contribution in [3.8, 4) is 29.1 Å².